The molecular weight excluding hydrogens is 441 g/mol. The van der Waals surface area contributed by atoms with Gasteiger partial charge in [-0.1, -0.05) is 6.92 Å². The molecule has 9 heteroatoms. The molecule has 1 amide bonds. The normalized spacial score (nSPS) is 21.8. The van der Waals surface area contributed by atoms with Crippen molar-refractivity contribution in [1.29, 1.82) is 0 Å². The van der Waals surface area contributed by atoms with Gasteiger partial charge in [-0.05, 0) is 42.5 Å². The van der Waals surface area contributed by atoms with Crippen LogP contribution in [-0.4, -0.2) is 26.5 Å². The summed E-state index contributed by atoms with van der Waals surface area (Å²) in [4.78, 5) is 42.6. The number of fused-ring (bicyclic) bond motifs is 5. The molecule has 2 N–H and O–H groups in total. The maximum atomic E-state index is 14.8. The Hall–Kier alpha value is -3.59. The monoisotopic (exact) mass is 463 g/mol. The maximum Gasteiger partial charge on any atom is 0.343 e. The van der Waals surface area contributed by atoms with Gasteiger partial charge in [0.2, 0.25) is 5.91 Å². The van der Waals surface area contributed by atoms with Crippen molar-refractivity contribution < 1.29 is 23.8 Å². The first-order valence-electron chi connectivity index (χ1n) is 11.2. The third-order valence-electron chi connectivity index (χ3n) is 7.48. The number of aromatic nitrogens is 2. The Morgan fingerprint density at radius 1 is 1.32 bits per heavy atom. The fraction of sp³-hybridized carbons (Fsp3) is 0.360. The van der Waals surface area contributed by atoms with E-state index in [4.69, 9.17) is 9.72 Å². The minimum Gasteiger partial charge on any atom is -0.458 e. The summed E-state index contributed by atoms with van der Waals surface area (Å²) in [5.41, 5.74) is 2.52. The SMILES string of the molecule is CC[C@@]1(O)C(=O)OCc2c1cc1n(c2=O)Cc2c-1nc1cc(F)c(C)c3c1c2C(NC(C)=O)C3. The van der Waals surface area contributed by atoms with E-state index < -0.39 is 11.6 Å². The Labute approximate surface area is 193 Å². The summed E-state index contributed by atoms with van der Waals surface area (Å²) in [5, 5.41) is 14.8. The van der Waals surface area contributed by atoms with E-state index in [1.807, 2.05) is 0 Å². The zero-order valence-corrected chi connectivity index (χ0v) is 18.9. The highest BCUT2D eigenvalue weighted by molar-refractivity contribution is 5.95. The van der Waals surface area contributed by atoms with Crippen molar-refractivity contribution in [3.05, 3.63) is 61.7 Å². The highest BCUT2D eigenvalue weighted by Gasteiger charge is 2.46. The van der Waals surface area contributed by atoms with Crippen molar-refractivity contribution in [2.24, 2.45) is 0 Å². The molecule has 2 atom stereocenters. The summed E-state index contributed by atoms with van der Waals surface area (Å²) in [5.74, 6) is -1.38. The van der Waals surface area contributed by atoms with Crippen LogP contribution in [0, 0.1) is 12.7 Å². The van der Waals surface area contributed by atoms with Gasteiger partial charge < -0.3 is 19.7 Å². The van der Waals surface area contributed by atoms with E-state index >= 15 is 0 Å². The topological polar surface area (TPSA) is 111 Å². The molecule has 2 aromatic heterocycles. The van der Waals surface area contributed by atoms with E-state index in [1.165, 1.54) is 13.0 Å². The molecule has 0 saturated heterocycles. The fourth-order valence-corrected chi connectivity index (χ4v) is 5.74. The van der Waals surface area contributed by atoms with Crippen molar-refractivity contribution in [2.45, 2.75) is 58.4 Å². The molecule has 3 aliphatic rings. The van der Waals surface area contributed by atoms with Crippen molar-refractivity contribution >= 4 is 22.8 Å². The molecule has 1 aliphatic carbocycles. The molecule has 8 nitrogen and oxygen atoms in total. The van der Waals surface area contributed by atoms with Gasteiger partial charge in [-0.15, -0.1) is 0 Å². The summed E-state index contributed by atoms with van der Waals surface area (Å²) >= 11 is 0. The number of nitrogens with one attached hydrogen (secondary N) is 1. The Bertz CT molecular complexity index is 1540. The summed E-state index contributed by atoms with van der Waals surface area (Å²) in [6, 6.07) is 2.64. The lowest BCUT2D eigenvalue weighted by Crippen LogP contribution is -2.44. The van der Waals surface area contributed by atoms with Gasteiger partial charge in [-0.2, -0.15) is 0 Å². The molecule has 0 saturated carbocycles. The van der Waals surface area contributed by atoms with E-state index in [1.54, 1.807) is 24.5 Å². The molecule has 0 bridgehead atoms. The second kappa shape index (κ2) is 6.73. The summed E-state index contributed by atoms with van der Waals surface area (Å²) in [6.45, 7) is 4.81. The quantitative estimate of drug-likeness (QED) is 0.441. The van der Waals surface area contributed by atoms with Gasteiger partial charge in [-0.25, -0.2) is 14.2 Å². The van der Waals surface area contributed by atoms with Crippen LogP contribution in [-0.2, 0) is 39.5 Å². The molecule has 0 spiro atoms. The number of nitrogens with zero attached hydrogens (tertiary/aromatic N) is 2. The number of hydrogen-bond donors (Lipinski definition) is 2. The zero-order chi connectivity index (χ0) is 24.1. The van der Waals surface area contributed by atoms with Gasteiger partial charge in [0.25, 0.3) is 5.56 Å². The Kier molecular flexibility index (Phi) is 4.15. The van der Waals surface area contributed by atoms with Gasteiger partial charge >= 0.3 is 5.97 Å². The predicted octanol–water partition coefficient (Wildman–Crippen LogP) is 2.26. The molecule has 6 rings (SSSR count). The van der Waals surface area contributed by atoms with Crippen molar-refractivity contribution in [1.82, 2.24) is 14.9 Å². The number of hydrogen-bond acceptors (Lipinski definition) is 6. The van der Waals surface area contributed by atoms with Gasteiger partial charge in [0.05, 0.1) is 35.1 Å². The Balaban J connectivity index is 1.67. The highest BCUT2D eigenvalue weighted by atomic mass is 19.1. The van der Waals surface area contributed by atoms with E-state index in [2.05, 4.69) is 5.32 Å². The van der Waals surface area contributed by atoms with Crippen LogP contribution in [0.25, 0.3) is 22.3 Å². The molecule has 34 heavy (non-hydrogen) atoms. The molecule has 0 radical (unpaired) electrons. The maximum absolute atomic E-state index is 14.8. The smallest absolute Gasteiger partial charge is 0.343 e. The molecule has 2 aliphatic heterocycles. The first-order chi connectivity index (χ1) is 16.2. The standard InChI is InChI=1S/C25H22FN3O5/c1-4-25(33)15-6-19-22-13(8-29(19)23(31)14(15)9-34-24(25)32)21-17(27-11(3)30)5-12-10(2)16(26)7-18(28-22)20(12)21/h6-7,17,33H,4-5,8-9H2,1-3H3,(H,27,30)/t17?,25-/m0/s1. The van der Waals surface area contributed by atoms with E-state index in [0.717, 1.165) is 22.1 Å². The van der Waals surface area contributed by atoms with E-state index in [9.17, 15) is 23.9 Å². The van der Waals surface area contributed by atoms with Crippen molar-refractivity contribution in [3.8, 4) is 11.4 Å². The molecule has 3 aromatic rings. The van der Waals surface area contributed by atoms with Crippen LogP contribution in [0.2, 0.25) is 0 Å². The second-order valence-electron chi connectivity index (χ2n) is 9.27. The van der Waals surface area contributed by atoms with Crippen LogP contribution in [0.15, 0.2) is 16.9 Å². The minimum absolute atomic E-state index is 0.0451. The average Bonchev–Trinajstić information content (AvgIpc) is 3.34. The molecule has 1 unspecified atom stereocenters. The van der Waals surface area contributed by atoms with Crippen LogP contribution in [0.1, 0.15) is 59.7 Å². The largest absolute Gasteiger partial charge is 0.458 e. The van der Waals surface area contributed by atoms with Gasteiger partial charge in [-0.3, -0.25) is 9.59 Å². The Morgan fingerprint density at radius 3 is 2.79 bits per heavy atom. The zero-order valence-electron chi connectivity index (χ0n) is 18.9. The first-order valence-corrected chi connectivity index (χ1v) is 11.2. The third-order valence-corrected chi connectivity index (χ3v) is 7.48. The minimum atomic E-state index is -1.92. The molecule has 1 aromatic carbocycles. The lowest BCUT2D eigenvalue weighted by molar-refractivity contribution is -0.172. The number of carbonyl (C=O) groups excluding carboxylic acids is 2. The lowest BCUT2D eigenvalue weighted by Gasteiger charge is -2.31. The molecule has 174 valence electrons. The predicted molar refractivity (Wildman–Crippen MR) is 119 cm³/mol. The first kappa shape index (κ1) is 21.0. The van der Waals surface area contributed by atoms with Crippen LogP contribution in [0.5, 0.6) is 0 Å². The number of pyridine rings is 2. The summed E-state index contributed by atoms with van der Waals surface area (Å²) in [6.07, 6.45) is 0.482. The van der Waals surface area contributed by atoms with Crippen molar-refractivity contribution in [2.75, 3.05) is 0 Å². The fourth-order valence-electron chi connectivity index (χ4n) is 5.74. The van der Waals surface area contributed by atoms with Gasteiger partial charge in [0.1, 0.15) is 12.4 Å². The number of benzene rings is 1. The highest BCUT2D eigenvalue weighted by Crippen LogP contribution is 2.46. The van der Waals surface area contributed by atoms with E-state index in [-0.39, 0.29) is 54.0 Å². The van der Waals surface area contributed by atoms with Crippen LogP contribution in [0.3, 0.4) is 0 Å². The molecule has 0 fully saturated rings. The summed E-state index contributed by atoms with van der Waals surface area (Å²) in [7, 11) is 0. The molecule has 4 heterocycles. The third kappa shape index (κ3) is 2.50. The number of ether oxygens (including phenoxy) is 1. The van der Waals surface area contributed by atoms with Crippen LogP contribution >= 0.6 is 0 Å². The Morgan fingerprint density at radius 2 is 2.09 bits per heavy atom. The number of carbonyl (C=O) groups is 2. The lowest BCUT2D eigenvalue weighted by atomic mass is 9.86. The number of halogens is 1. The summed E-state index contributed by atoms with van der Waals surface area (Å²) < 4.78 is 21.4. The van der Waals surface area contributed by atoms with Crippen LogP contribution in [0.4, 0.5) is 4.39 Å². The number of esters is 1. The molecular formula is C25H22FN3O5. The number of rotatable bonds is 2. The van der Waals surface area contributed by atoms with E-state index in [0.29, 0.717) is 28.9 Å². The average molecular weight is 463 g/mol. The number of cyclic esters (lactones) is 1. The number of aliphatic hydroxyl groups is 1. The second-order valence-corrected chi connectivity index (χ2v) is 9.27. The van der Waals surface area contributed by atoms with Gasteiger partial charge in [0, 0.05) is 29.5 Å². The van der Waals surface area contributed by atoms with Crippen molar-refractivity contribution in [3.63, 3.8) is 0 Å². The van der Waals surface area contributed by atoms with Gasteiger partial charge in [0.15, 0.2) is 5.60 Å². The van der Waals surface area contributed by atoms with Crippen LogP contribution < -0.4 is 10.9 Å². The number of amides is 1.